The molecule has 1 aliphatic rings. The number of hydrogen-bond donors (Lipinski definition) is 1. The topological polar surface area (TPSA) is 29.3 Å². The van der Waals surface area contributed by atoms with Gasteiger partial charge in [-0.2, -0.15) is 0 Å². The van der Waals surface area contributed by atoms with Crippen molar-refractivity contribution in [3.05, 3.63) is 42.0 Å². The summed E-state index contributed by atoms with van der Waals surface area (Å²) in [7, 11) is 0. The molecule has 3 rings (SSSR count). The van der Waals surface area contributed by atoms with Crippen molar-refractivity contribution in [1.82, 2.24) is 0 Å². The average molecular weight is 268 g/mol. The van der Waals surface area contributed by atoms with Crippen molar-refractivity contribution in [1.29, 1.82) is 0 Å². The highest BCUT2D eigenvalue weighted by molar-refractivity contribution is 5.96. The van der Waals surface area contributed by atoms with E-state index in [1.165, 1.54) is 54.3 Å². The molecule has 0 aromatic heterocycles. The number of fused-ring (bicyclic) bond motifs is 1. The summed E-state index contributed by atoms with van der Waals surface area (Å²) < 4.78 is 0. The molecule has 1 fully saturated rings. The Kier molecular flexibility index (Phi) is 3.93. The first kappa shape index (κ1) is 13.4. The first-order valence-corrected chi connectivity index (χ1v) is 7.82. The molecule has 20 heavy (non-hydrogen) atoms. The maximum atomic E-state index is 5.88. The molecule has 2 N–H and O–H groups in total. The minimum Gasteiger partial charge on any atom is -0.368 e. The Bertz CT molecular complexity index is 587. The number of anilines is 1. The third-order valence-electron chi connectivity index (χ3n) is 4.26. The minimum absolute atomic E-state index is 0.610. The molecular formula is C18H24N2. The molecule has 0 bridgehead atoms. The van der Waals surface area contributed by atoms with Crippen LogP contribution in [-0.2, 0) is 6.54 Å². The Hall–Kier alpha value is -1.54. The summed E-state index contributed by atoms with van der Waals surface area (Å²) in [6.45, 7) is 4.05. The van der Waals surface area contributed by atoms with E-state index in [0.717, 1.165) is 6.04 Å². The Morgan fingerprint density at radius 1 is 1.10 bits per heavy atom. The van der Waals surface area contributed by atoms with Crippen LogP contribution in [0.2, 0.25) is 0 Å². The highest BCUT2D eigenvalue weighted by Gasteiger charge is 2.29. The highest BCUT2D eigenvalue weighted by atomic mass is 15.2. The molecule has 106 valence electrons. The van der Waals surface area contributed by atoms with Gasteiger partial charge in [0, 0.05) is 30.2 Å². The smallest absolute Gasteiger partial charge is 0.0448 e. The normalized spacial score (nSPS) is 14.7. The van der Waals surface area contributed by atoms with E-state index in [0.29, 0.717) is 6.54 Å². The summed E-state index contributed by atoms with van der Waals surface area (Å²) >= 11 is 0. The van der Waals surface area contributed by atoms with E-state index >= 15 is 0 Å². The number of nitrogens with two attached hydrogens (primary N) is 1. The van der Waals surface area contributed by atoms with Crippen molar-refractivity contribution in [2.75, 3.05) is 11.4 Å². The molecular weight excluding hydrogens is 244 g/mol. The van der Waals surface area contributed by atoms with Gasteiger partial charge in [0.05, 0.1) is 0 Å². The second-order valence-corrected chi connectivity index (χ2v) is 5.77. The zero-order valence-electron chi connectivity index (χ0n) is 12.3. The van der Waals surface area contributed by atoms with Crippen LogP contribution in [-0.4, -0.2) is 12.6 Å². The van der Waals surface area contributed by atoms with Crippen molar-refractivity contribution >= 4 is 16.5 Å². The Morgan fingerprint density at radius 3 is 2.50 bits per heavy atom. The van der Waals surface area contributed by atoms with Crippen molar-refractivity contribution < 1.29 is 0 Å². The summed E-state index contributed by atoms with van der Waals surface area (Å²) in [6.07, 6.45) is 5.21. The van der Waals surface area contributed by atoms with E-state index in [1.54, 1.807) is 0 Å². The Morgan fingerprint density at radius 2 is 1.85 bits per heavy atom. The highest BCUT2D eigenvalue weighted by Crippen LogP contribution is 2.37. The predicted octanol–water partition coefficient (Wildman–Crippen LogP) is 4.07. The van der Waals surface area contributed by atoms with E-state index < -0.39 is 0 Å². The van der Waals surface area contributed by atoms with E-state index in [4.69, 9.17) is 5.73 Å². The fraction of sp³-hybridized carbons (Fsp3) is 0.444. The lowest BCUT2D eigenvalue weighted by Gasteiger charge is -2.26. The zero-order valence-corrected chi connectivity index (χ0v) is 12.3. The van der Waals surface area contributed by atoms with Crippen LogP contribution in [0.5, 0.6) is 0 Å². The molecule has 1 aliphatic carbocycles. The average Bonchev–Trinajstić information content (AvgIpc) is 3.32. The van der Waals surface area contributed by atoms with Crippen molar-refractivity contribution in [3.8, 4) is 0 Å². The molecule has 2 nitrogen and oxygen atoms in total. The van der Waals surface area contributed by atoms with Crippen LogP contribution in [0, 0.1) is 0 Å². The van der Waals surface area contributed by atoms with Crippen molar-refractivity contribution in [3.63, 3.8) is 0 Å². The van der Waals surface area contributed by atoms with Crippen molar-refractivity contribution in [2.45, 2.75) is 45.2 Å². The molecule has 2 aromatic rings. The second-order valence-electron chi connectivity index (χ2n) is 5.77. The first-order chi connectivity index (χ1) is 9.85. The van der Waals surface area contributed by atoms with Gasteiger partial charge in [0.15, 0.2) is 0 Å². The SMILES string of the molecule is CCCCN(c1ccc(CN)c2ccccc12)C1CC1. The molecule has 2 aromatic carbocycles. The summed E-state index contributed by atoms with van der Waals surface area (Å²) in [4.78, 5) is 2.62. The maximum absolute atomic E-state index is 5.88. The van der Waals surface area contributed by atoms with E-state index in [1.807, 2.05) is 0 Å². The molecule has 0 amide bonds. The molecule has 0 heterocycles. The molecule has 0 spiro atoms. The lowest BCUT2D eigenvalue weighted by Crippen LogP contribution is -2.27. The second kappa shape index (κ2) is 5.84. The van der Waals surface area contributed by atoms with Gasteiger partial charge in [-0.15, -0.1) is 0 Å². The van der Waals surface area contributed by atoms with Crippen LogP contribution in [0.15, 0.2) is 36.4 Å². The number of benzene rings is 2. The molecule has 2 heteroatoms. The fourth-order valence-corrected chi connectivity index (χ4v) is 2.99. The van der Waals surface area contributed by atoms with Crippen LogP contribution in [0.25, 0.3) is 10.8 Å². The summed E-state index contributed by atoms with van der Waals surface area (Å²) in [5.41, 5.74) is 8.52. The van der Waals surface area contributed by atoms with Gasteiger partial charge in [0.2, 0.25) is 0 Å². The zero-order chi connectivity index (χ0) is 13.9. The lowest BCUT2D eigenvalue weighted by molar-refractivity contribution is 0.715. The van der Waals surface area contributed by atoms with Crippen LogP contribution in [0.1, 0.15) is 38.2 Å². The number of nitrogens with zero attached hydrogens (tertiary/aromatic N) is 1. The Labute approximate surface area is 121 Å². The molecule has 0 aliphatic heterocycles. The van der Waals surface area contributed by atoms with E-state index in [9.17, 15) is 0 Å². The summed E-state index contributed by atoms with van der Waals surface area (Å²) in [6, 6.07) is 13.9. The molecule has 0 atom stereocenters. The van der Waals surface area contributed by atoms with Gasteiger partial charge >= 0.3 is 0 Å². The standard InChI is InChI=1S/C18H24N2/c1-2-3-12-20(15-9-10-15)18-11-8-14(13-19)16-6-4-5-7-17(16)18/h4-8,11,15H,2-3,9-10,12-13,19H2,1H3. The monoisotopic (exact) mass is 268 g/mol. The van der Waals surface area contributed by atoms with Gasteiger partial charge < -0.3 is 10.6 Å². The van der Waals surface area contributed by atoms with Gasteiger partial charge in [-0.05, 0) is 36.3 Å². The summed E-state index contributed by atoms with van der Waals surface area (Å²) in [5, 5.41) is 2.67. The van der Waals surface area contributed by atoms with Gasteiger partial charge in [0.1, 0.15) is 0 Å². The molecule has 1 saturated carbocycles. The third-order valence-corrected chi connectivity index (χ3v) is 4.26. The quantitative estimate of drug-likeness (QED) is 0.855. The van der Waals surface area contributed by atoms with Crippen molar-refractivity contribution in [2.24, 2.45) is 5.73 Å². The van der Waals surface area contributed by atoms with Crippen LogP contribution >= 0.6 is 0 Å². The number of hydrogen-bond acceptors (Lipinski definition) is 2. The third kappa shape index (κ3) is 2.53. The van der Waals surface area contributed by atoms with Gasteiger partial charge in [-0.3, -0.25) is 0 Å². The number of rotatable bonds is 6. The minimum atomic E-state index is 0.610. The molecule has 0 radical (unpaired) electrons. The van der Waals surface area contributed by atoms with E-state index in [2.05, 4.69) is 48.2 Å². The fourth-order valence-electron chi connectivity index (χ4n) is 2.99. The molecule has 0 unspecified atom stereocenters. The summed E-state index contributed by atoms with van der Waals surface area (Å²) in [5.74, 6) is 0. The van der Waals surface area contributed by atoms with Gasteiger partial charge in [-0.25, -0.2) is 0 Å². The van der Waals surface area contributed by atoms with Gasteiger partial charge in [0.25, 0.3) is 0 Å². The number of unbranched alkanes of at least 4 members (excludes halogenated alkanes) is 1. The first-order valence-electron chi connectivity index (χ1n) is 7.82. The van der Waals surface area contributed by atoms with Crippen LogP contribution in [0.4, 0.5) is 5.69 Å². The van der Waals surface area contributed by atoms with Gasteiger partial charge in [-0.1, -0.05) is 43.7 Å². The predicted molar refractivity (Wildman–Crippen MR) is 87.1 cm³/mol. The Balaban J connectivity index is 2.05. The maximum Gasteiger partial charge on any atom is 0.0448 e. The largest absolute Gasteiger partial charge is 0.368 e. The van der Waals surface area contributed by atoms with E-state index in [-0.39, 0.29) is 0 Å². The van der Waals surface area contributed by atoms with Crippen LogP contribution < -0.4 is 10.6 Å². The lowest BCUT2D eigenvalue weighted by atomic mass is 10.0. The molecule has 0 saturated heterocycles. The van der Waals surface area contributed by atoms with Crippen LogP contribution in [0.3, 0.4) is 0 Å².